The second-order valence-electron chi connectivity index (χ2n) is 14.4. The van der Waals surface area contributed by atoms with Crippen molar-refractivity contribution in [3.05, 3.63) is 93.0 Å². The van der Waals surface area contributed by atoms with Gasteiger partial charge < -0.3 is 0 Å². The molecule has 2 heterocycles. The first-order valence-electron chi connectivity index (χ1n) is 18.2. The second kappa shape index (κ2) is 12.9. The normalized spacial score (nSPS) is 16.5. The lowest BCUT2D eigenvalue weighted by atomic mass is 9.82. The minimum Gasteiger partial charge on any atom is -0.274 e. The van der Waals surface area contributed by atoms with Gasteiger partial charge in [-0.05, 0) is 106 Å². The number of hydrogen-bond acceptors (Lipinski definition) is 4. The maximum Gasteiger partial charge on any atom is 0.261 e. The fraction of sp³-hybridized carbons (Fsp3) is 0.429. The van der Waals surface area contributed by atoms with E-state index in [0.29, 0.717) is 47.2 Å². The Kier molecular flexibility index (Phi) is 8.69. The summed E-state index contributed by atoms with van der Waals surface area (Å²) in [7, 11) is 0. The van der Waals surface area contributed by atoms with E-state index in [0.717, 1.165) is 85.8 Å². The Morgan fingerprint density at radius 2 is 0.771 bits per heavy atom. The van der Waals surface area contributed by atoms with E-state index in [1.165, 1.54) is 32.1 Å². The van der Waals surface area contributed by atoms with E-state index < -0.39 is 0 Å². The van der Waals surface area contributed by atoms with E-state index in [1.807, 2.05) is 24.3 Å². The molecule has 248 valence electrons. The van der Waals surface area contributed by atoms with Crippen LogP contribution in [0.25, 0.3) is 21.5 Å². The summed E-state index contributed by atoms with van der Waals surface area (Å²) < 4.78 is 0. The zero-order valence-electron chi connectivity index (χ0n) is 28.8. The Balaban J connectivity index is 1.16. The van der Waals surface area contributed by atoms with Crippen LogP contribution >= 0.6 is 0 Å². The van der Waals surface area contributed by atoms with Crippen molar-refractivity contribution < 1.29 is 19.2 Å². The molecule has 0 bridgehead atoms. The third-order valence-corrected chi connectivity index (χ3v) is 11.2. The van der Waals surface area contributed by atoms with E-state index in [1.54, 1.807) is 0 Å². The van der Waals surface area contributed by atoms with Gasteiger partial charge in [0.1, 0.15) is 0 Å². The number of hydrogen-bond donors (Lipinski definition) is 0. The maximum absolute atomic E-state index is 13.5. The standard InChI is InChI=1S/C42H46N2O4/c1-5-9-11-25(7-3)23-43-39(45)35-19-31-15-27-13-29-17-33-21-37-38(42(48)44(41(37)47)24-26(8-4)12-10-6-2)22-34(33)18-30(29)14-28(27)16-32(31)20-36(35)40(43)46/h15-22,25-26H,5-14,23-24H2,1-4H3. The molecule has 48 heavy (non-hydrogen) atoms. The molecule has 0 spiro atoms. The van der Waals surface area contributed by atoms with Crippen molar-refractivity contribution >= 4 is 45.2 Å². The Labute approximate surface area is 283 Å². The lowest BCUT2D eigenvalue weighted by Gasteiger charge is -2.21. The van der Waals surface area contributed by atoms with Gasteiger partial charge in [-0.2, -0.15) is 0 Å². The van der Waals surface area contributed by atoms with Crippen molar-refractivity contribution in [3.8, 4) is 0 Å². The molecule has 4 aromatic rings. The van der Waals surface area contributed by atoms with E-state index in [2.05, 4.69) is 52.0 Å². The van der Waals surface area contributed by atoms with Gasteiger partial charge in [-0.25, -0.2) is 0 Å². The Morgan fingerprint density at radius 1 is 0.479 bits per heavy atom. The Bertz CT molecular complexity index is 1730. The van der Waals surface area contributed by atoms with Crippen LogP contribution < -0.4 is 0 Å². The zero-order chi connectivity index (χ0) is 33.7. The third kappa shape index (κ3) is 5.53. The minimum absolute atomic E-state index is 0.174. The molecule has 4 aromatic carbocycles. The van der Waals surface area contributed by atoms with E-state index in [4.69, 9.17) is 0 Å². The first-order valence-corrected chi connectivity index (χ1v) is 18.2. The van der Waals surface area contributed by atoms with Crippen LogP contribution in [0.15, 0.2) is 48.5 Å². The van der Waals surface area contributed by atoms with E-state index in [-0.39, 0.29) is 23.6 Å². The molecule has 2 aliphatic heterocycles. The van der Waals surface area contributed by atoms with Crippen molar-refractivity contribution in [2.75, 3.05) is 13.1 Å². The van der Waals surface area contributed by atoms with Crippen LogP contribution in [0.4, 0.5) is 0 Å². The van der Waals surface area contributed by atoms with Crippen LogP contribution in [0.5, 0.6) is 0 Å². The monoisotopic (exact) mass is 642 g/mol. The molecule has 3 aliphatic rings. The number of benzene rings is 4. The number of rotatable bonds is 12. The molecular weight excluding hydrogens is 596 g/mol. The number of nitrogens with zero attached hydrogens (tertiary/aromatic N) is 2. The largest absolute Gasteiger partial charge is 0.274 e. The van der Waals surface area contributed by atoms with Gasteiger partial charge in [0.15, 0.2) is 0 Å². The van der Waals surface area contributed by atoms with Crippen LogP contribution in [0, 0.1) is 11.8 Å². The Hall–Kier alpha value is -4.32. The van der Waals surface area contributed by atoms with Crippen LogP contribution in [-0.2, 0) is 12.8 Å². The first-order chi connectivity index (χ1) is 23.2. The van der Waals surface area contributed by atoms with Gasteiger partial charge in [0, 0.05) is 13.1 Å². The molecule has 0 N–H and O–H groups in total. The Morgan fingerprint density at radius 3 is 1.02 bits per heavy atom. The molecule has 6 nitrogen and oxygen atoms in total. The SMILES string of the molecule is CCCCC(CC)CN1C(=O)c2cc3cc4c(cc3cc2C1=O)Cc1cc2cc3c(cc2cc1C4)C(=O)N(CC(CC)CCCC)C3=O. The summed E-state index contributed by atoms with van der Waals surface area (Å²) in [5.41, 5.74) is 6.90. The van der Waals surface area contributed by atoms with Crippen LogP contribution in [0.2, 0.25) is 0 Å². The van der Waals surface area contributed by atoms with Gasteiger partial charge in [0.25, 0.3) is 23.6 Å². The predicted molar refractivity (Wildman–Crippen MR) is 191 cm³/mol. The molecule has 0 radical (unpaired) electrons. The number of amides is 4. The quantitative estimate of drug-likeness (QED) is 0.127. The predicted octanol–water partition coefficient (Wildman–Crippen LogP) is 9.11. The van der Waals surface area contributed by atoms with Crippen molar-refractivity contribution in [1.29, 1.82) is 0 Å². The van der Waals surface area contributed by atoms with Crippen molar-refractivity contribution in [3.63, 3.8) is 0 Å². The minimum atomic E-state index is -0.174. The van der Waals surface area contributed by atoms with Gasteiger partial charge in [0.05, 0.1) is 22.3 Å². The highest BCUT2D eigenvalue weighted by molar-refractivity contribution is 6.24. The summed E-state index contributed by atoms with van der Waals surface area (Å²) in [4.78, 5) is 56.8. The van der Waals surface area contributed by atoms with Gasteiger partial charge in [-0.1, -0.05) is 90.5 Å². The van der Waals surface area contributed by atoms with E-state index >= 15 is 0 Å². The molecule has 1 aliphatic carbocycles. The lowest BCUT2D eigenvalue weighted by molar-refractivity contribution is 0.0609. The number of unbranched alkanes of at least 4 members (excludes halogenated alkanes) is 2. The summed E-state index contributed by atoms with van der Waals surface area (Å²) in [5, 5.41) is 3.90. The molecule has 7 rings (SSSR count). The van der Waals surface area contributed by atoms with Crippen molar-refractivity contribution in [1.82, 2.24) is 9.80 Å². The molecule has 2 atom stereocenters. The first kappa shape index (κ1) is 32.2. The fourth-order valence-corrected chi connectivity index (χ4v) is 8.11. The number of carbonyl (C=O) groups is 4. The number of carbonyl (C=O) groups excluding carboxylic acids is 4. The molecule has 4 amide bonds. The average molecular weight is 643 g/mol. The highest BCUT2D eigenvalue weighted by atomic mass is 16.2. The molecule has 0 fully saturated rings. The maximum atomic E-state index is 13.5. The van der Waals surface area contributed by atoms with Crippen LogP contribution in [0.1, 0.15) is 143 Å². The van der Waals surface area contributed by atoms with Crippen LogP contribution in [-0.4, -0.2) is 46.5 Å². The number of imide groups is 2. The average Bonchev–Trinajstić information content (AvgIpc) is 3.45. The van der Waals surface area contributed by atoms with Crippen molar-refractivity contribution in [2.24, 2.45) is 11.8 Å². The summed E-state index contributed by atoms with van der Waals surface area (Å²) in [5.74, 6) is -0.0526. The summed E-state index contributed by atoms with van der Waals surface area (Å²) in [6, 6.07) is 16.4. The topological polar surface area (TPSA) is 74.8 Å². The summed E-state index contributed by atoms with van der Waals surface area (Å²) in [6.45, 7) is 9.57. The van der Waals surface area contributed by atoms with Gasteiger partial charge in [0.2, 0.25) is 0 Å². The lowest BCUT2D eigenvalue weighted by Crippen LogP contribution is -2.34. The smallest absolute Gasteiger partial charge is 0.261 e. The van der Waals surface area contributed by atoms with Gasteiger partial charge in [-0.3, -0.25) is 29.0 Å². The molecule has 0 aromatic heterocycles. The zero-order valence-corrected chi connectivity index (χ0v) is 28.8. The molecule has 0 saturated carbocycles. The van der Waals surface area contributed by atoms with Crippen molar-refractivity contribution in [2.45, 2.75) is 91.9 Å². The second-order valence-corrected chi connectivity index (χ2v) is 14.4. The summed E-state index contributed by atoms with van der Waals surface area (Å²) in [6.07, 6.45) is 9.85. The third-order valence-electron chi connectivity index (χ3n) is 11.2. The van der Waals surface area contributed by atoms with E-state index in [9.17, 15) is 19.2 Å². The van der Waals surface area contributed by atoms with Gasteiger partial charge >= 0.3 is 0 Å². The van der Waals surface area contributed by atoms with Crippen LogP contribution in [0.3, 0.4) is 0 Å². The number of fused-ring (bicyclic) bond motifs is 6. The molecule has 0 saturated heterocycles. The van der Waals surface area contributed by atoms with Gasteiger partial charge in [-0.15, -0.1) is 0 Å². The molecular formula is C42H46N2O4. The highest BCUT2D eigenvalue weighted by Crippen LogP contribution is 2.37. The fourth-order valence-electron chi connectivity index (χ4n) is 8.11. The highest BCUT2D eigenvalue weighted by Gasteiger charge is 2.38. The molecule has 2 unspecified atom stereocenters. The molecule has 6 heteroatoms. The summed E-state index contributed by atoms with van der Waals surface area (Å²) >= 11 is 0.